The van der Waals surface area contributed by atoms with E-state index in [1.807, 2.05) is 41.5 Å². The standard InChI is InChI=1S/2C4H7N3O.2C4H7N3S.4CH4/c1-3(2)4-5-6-7-8-4;1-3(2)4-5-7-8-6-4;1-3(2)4-5-6-7-8-4;1-3(2)4-5-7-8-6-4;;;;/h4*3H,1-2H3;4*1H4. The summed E-state index contributed by atoms with van der Waals surface area (Å²) in [6, 6.07) is 0. The molecule has 0 radical (unpaired) electrons. The fourth-order valence-electron chi connectivity index (χ4n) is 1.44. The van der Waals surface area contributed by atoms with Gasteiger partial charge in [0.1, 0.15) is 5.01 Å². The van der Waals surface area contributed by atoms with Gasteiger partial charge < -0.3 is 4.52 Å². The third-order valence-electron chi connectivity index (χ3n) is 3.28. The minimum Gasteiger partial charge on any atom is -0.320 e. The van der Waals surface area contributed by atoms with Crippen LogP contribution in [-0.4, -0.2) is 59.9 Å². The Morgan fingerprint density at radius 1 is 0.611 bits per heavy atom. The molecule has 14 nitrogen and oxygen atoms in total. The highest BCUT2D eigenvalue weighted by Crippen LogP contribution is 2.11. The van der Waals surface area contributed by atoms with Gasteiger partial charge in [-0.25, -0.2) is 4.63 Å². The van der Waals surface area contributed by atoms with Gasteiger partial charge in [0, 0.05) is 35.2 Å². The molecule has 0 bridgehead atoms. The third kappa shape index (κ3) is 16.7. The van der Waals surface area contributed by atoms with Crippen molar-refractivity contribution in [1.29, 1.82) is 0 Å². The van der Waals surface area contributed by atoms with E-state index in [1.54, 1.807) is 0 Å². The maximum absolute atomic E-state index is 4.62. The van der Waals surface area contributed by atoms with Gasteiger partial charge in [-0.05, 0) is 15.6 Å². The van der Waals surface area contributed by atoms with Crippen molar-refractivity contribution in [3.05, 3.63) is 22.5 Å². The van der Waals surface area contributed by atoms with E-state index in [2.05, 4.69) is 82.9 Å². The molecule has 16 heteroatoms. The zero-order chi connectivity index (χ0) is 23.9. The largest absolute Gasteiger partial charge is 0.320 e. The molecule has 0 aromatic carbocycles. The van der Waals surface area contributed by atoms with Gasteiger partial charge in [0.25, 0.3) is 5.89 Å². The molecule has 4 aromatic heterocycles. The second kappa shape index (κ2) is 22.6. The highest BCUT2D eigenvalue weighted by molar-refractivity contribution is 7.05. The van der Waals surface area contributed by atoms with E-state index in [1.165, 1.54) is 11.5 Å². The van der Waals surface area contributed by atoms with Crippen LogP contribution in [0.15, 0.2) is 9.15 Å². The fraction of sp³-hybridized carbons (Fsp3) is 0.800. The van der Waals surface area contributed by atoms with Gasteiger partial charge in [-0.3, -0.25) is 0 Å². The number of nitrogens with zero attached hydrogens (tertiary/aromatic N) is 12. The van der Waals surface area contributed by atoms with Crippen LogP contribution in [0.2, 0.25) is 0 Å². The molecule has 0 amide bonds. The molecule has 208 valence electrons. The molecule has 0 aliphatic heterocycles. The first-order valence-electron chi connectivity index (χ1n) is 9.82. The van der Waals surface area contributed by atoms with Gasteiger partial charge in [0.05, 0.1) is 22.3 Å². The van der Waals surface area contributed by atoms with Gasteiger partial charge in [-0.1, -0.05) is 104 Å². The van der Waals surface area contributed by atoms with E-state index < -0.39 is 0 Å². The Morgan fingerprint density at radius 3 is 1.47 bits per heavy atom. The molecule has 0 aliphatic carbocycles. The van der Waals surface area contributed by atoms with Crippen LogP contribution in [-0.2, 0) is 0 Å². The maximum atomic E-state index is 4.62. The topological polar surface area (TPSA) is 181 Å². The van der Waals surface area contributed by atoms with Crippen molar-refractivity contribution in [1.82, 2.24) is 59.9 Å². The summed E-state index contributed by atoms with van der Waals surface area (Å²) in [6.07, 6.45) is 0. The lowest BCUT2D eigenvalue weighted by molar-refractivity contribution is 0.290. The summed E-state index contributed by atoms with van der Waals surface area (Å²) in [4.78, 5) is 0. The molecule has 4 heterocycles. The number of hydrogen-bond acceptors (Lipinski definition) is 16. The third-order valence-corrected chi connectivity index (χ3v) is 4.60. The average Bonchev–Trinajstić information content (AvgIpc) is 3.56. The van der Waals surface area contributed by atoms with Gasteiger partial charge in [-0.2, -0.15) is 4.37 Å². The summed E-state index contributed by atoms with van der Waals surface area (Å²) in [5, 5.41) is 32.4. The number of aromatic nitrogens is 12. The van der Waals surface area contributed by atoms with E-state index in [4.69, 9.17) is 0 Å². The van der Waals surface area contributed by atoms with Crippen molar-refractivity contribution < 1.29 is 9.15 Å². The van der Waals surface area contributed by atoms with Crippen molar-refractivity contribution in [3.63, 3.8) is 0 Å². The Kier molecular flexibility index (Phi) is 25.3. The van der Waals surface area contributed by atoms with Crippen LogP contribution in [0, 0.1) is 0 Å². The van der Waals surface area contributed by atoms with Crippen LogP contribution in [0.5, 0.6) is 0 Å². The van der Waals surface area contributed by atoms with Crippen LogP contribution >= 0.6 is 23.3 Å². The summed E-state index contributed by atoms with van der Waals surface area (Å²) in [5.74, 6) is 3.56. The molecule has 0 saturated heterocycles. The van der Waals surface area contributed by atoms with E-state index in [0.29, 0.717) is 29.5 Å². The molecule has 0 saturated carbocycles. The molecule has 4 rings (SSSR count). The van der Waals surface area contributed by atoms with E-state index in [9.17, 15) is 0 Å². The molecule has 0 fully saturated rings. The molecular formula is C20H44N12O2S2. The summed E-state index contributed by atoms with van der Waals surface area (Å²) < 4.78 is 20.1. The summed E-state index contributed by atoms with van der Waals surface area (Å²) in [7, 11) is 0. The molecule has 0 spiro atoms. The van der Waals surface area contributed by atoms with E-state index >= 15 is 0 Å². The van der Waals surface area contributed by atoms with Crippen molar-refractivity contribution in [2.45, 2.75) is 109 Å². The number of rotatable bonds is 4. The Hall–Kier alpha value is -2.88. The summed E-state index contributed by atoms with van der Waals surface area (Å²) in [6.45, 7) is 16.1. The zero-order valence-corrected chi connectivity index (χ0v) is 20.9. The lowest BCUT2D eigenvalue weighted by Crippen LogP contribution is -1.88. The first-order chi connectivity index (χ1) is 15.2. The maximum Gasteiger partial charge on any atom is 0.250 e. The molecule has 0 aliphatic rings. The molecular weight excluding hydrogens is 504 g/mol. The van der Waals surface area contributed by atoms with Crippen LogP contribution in [0.1, 0.15) is 131 Å². The lowest BCUT2D eigenvalue weighted by atomic mass is 10.2. The van der Waals surface area contributed by atoms with Gasteiger partial charge in [0.15, 0.2) is 11.6 Å². The Bertz CT molecular complexity index is 746. The minimum atomic E-state index is 0. The first kappa shape index (κ1) is 40.3. The molecule has 0 N–H and O–H groups in total. The first-order valence-corrected chi connectivity index (χ1v) is 11.3. The highest BCUT2D eigenvalue weighted by Gasteiger charge is 2.04. The average molecular weight is 549 g/mol. The molecule has 0 atom stereocenters. The smallest absolute Gasteiger partial charge is 0.250 e. The SMILES string of the molecule is C.C.C.C.CC(C)c1nnno1.CC(C)c1nnns1.CC(C)c1nnon1.CC(C)c1nnsn1. The predicted octanol–water partition coefficient (Wildman–Crippen LogP) is 5.83. The van der Waals surface area contributed by atoms with Crippen LogP contribution in [0.25, 0.3) is 0 Å². The van der Waals surface area contributed by atoms with Crippen LogP contribution in [0.4, 0.5) is 0 Å². The van der Waals surface area contributed by atoms with Gasteiger partial charge in [-0.15, -0.1) is 10.2 Å². The fourth-order valence-corrected chi connectivity index (χ4v) is 2.37. The Labute approximate surface area is 223 Å². The normalized spacial score (nSPS) is 9.22. The Balaban J connectivity index is -0.000000183. The van der Waals surface area contributed by atoms with E-state index in [-0.39, 0.29) is 35.6 Å². The van der Waals surface area contributed by atoms with Gasteiger partial charge >= 0.3 is 0 Å². The molecule has 4 aromatic rings. The van der Waals surface area contributed by atoms with Crippen LogP contribution in [0.3, 0.4) is 0 Å². The van der Waals surface area contributed by atoms with Crippen molar-refractivity contribution in [2.24, 2.45) is 0 Å². The van der Waals surface area contributed by atoms with E-state index in [0.717, 1.165) is 22.6 Å². The monoisotopic (exact) mass is 548 g/mol. The summed E-state index contributed by atoms with van der Waals surface area (Å²) in [5.41, 5.74) is 0. The van der Waals surface area contributed by atoms with Crippen LogP contribution < -0.4 is 0 Å². The van der Waals surface area contributed by atoms with Gasteiger partial charge in [0.2, 0.25) is 0 Å². The minimum absolute atomic E-state index is 0. The highest BCUT2D eigenvalue weighted by atomic mass is 32.1. The molecule has 0 unspecified atom stereocenters. The second-order valence-corrected chi connectivity index (χ2v) is 8.72. The predicted molar refractivity (Wildman–Crippen MR) is 143 cm³/mol. The zero-order valence-electron chi connectivity index (χ0n) is 19.3. The second-order valence-electron chi connectivity index (χ2n) is 7.45. The van der Waals surface area contributed by atoms with Crippen molar-refractivity contribution in [2.75, 3.05) is 0 Å². The summed E-state index contributed by atoms with van der Waals surface area (Å²) >= 11 is 2.52. The molecule has 36 heavy (non-hydrogen) atoms. The van der Waals surface area contributed by atoms with Crippen molar-refractivity contribution >= 4 is 23.3 Å². The van der Waals surface area contributed by atoms with Crippen molar-refractivity contribution in [3.8, 4) is 0 Å². The Morgan fingerprint density at radius 2 is 1.25 bits per heavy atom. The lowest BCUT2D eigenvalue weighted by Gasteiger charge is -1.90. The number of hydrogen-bond donors (Lipinski definition) is 0. The quantitative estimate of drug-likeness (QED) is 0.296.